The minimum Gasteiger partial charge on any atom is -0.493 e. The monoisotopic (exact) mass is 408 g/mol. The molecular formula is C21H20N4O5. The van der Waals surface area contributed by atoms with E-state index >= 15 is 0 Å². The number of nitrogens with one attached hydrogen (secondary N) is 1. The highest BCUT2D eigenvalue weighted by Crippen LogP contribution is 2.39. The van der Waals surface area contributed by atoms with Crippen LogP contribution >= 0.6 is 0 Å². The van der Waals surface area contributed by atoms with E-state index in [1.54, 1.807) is 37.0 Å². The molecule has 9 nitrogen and oxygen atoms in total. The van der Waals surface area contributed by atoms with Gasteiger partial charge in [0.15, 0.2) is 23.0 Å². The summed E-state index contributed by atoms with van der Waals surface area (Å²) in [5, 5.41) is 13.9. The zero-order chi connectivity index (χ0) is 20.8. The Labute approximate surface area is 171 Å². The zero-order valence-electron chi connectivity index (χ0n) is 16.8. The fourth-order valence-electron chi connectivity index (χ4n) is 3.87. The largest absolute Gasteiger partial charge is 0.493 e. The van der Waals surface area contributed by atoms with Gasteiger partial charge in [0.05, 0.1) is 30.6 Å². The molecule has 0 atom stereocenters. The second kappa shape index (κ2) is 7.03. The van der Waals surface area contributed by atoms with E-state index in [9.17, 15) is 4.79 Å². The molecule has 154 valence electrons. The number of ether oxygens (including phenoxy) is 4. The summed E-state index contributed by atoms with van der Waals surface area (Å²) in [5.41, 5.74) is 1.79. The average Bonchev–Trinajstić information content (AvgIpc) is 3.23. The molecule has 5 rings (SSSR count). The van der Waals surface area contributed by atoms with Crippen molar-refractivity contribution in [1.29, 1.82) is 0 Å². The van der Waals surface area contributed by atoms with Gasteiger partial charge in [-0.1, -0.05) is 0 Å². The smallest absolute Gasteiger partial charge is 0.259 e. The summed E-state index contributed by atoms with van der Waals surface area (Å²) in [4.78, 5) is 13.5. The van der Waals surface area contributed by atoms with Crippen LogP contribution in [0.25, 0.3) is 32.7 Å². The molecule has 2 aromatic carbocycles. The van der Waals surface area contributed by atoms with Crippen molar-refractivity contribution in [3.8, 4) is 23.0 Å². The van der Waals surface area contributed by atoms with Crippen molar-refractivity contribution < 1.29 is 18.9 Å². The fourth-order valence-corrected chi connectivity index (χ4v) is 3.87. The maximum Gasteiger partial charge on any atom is 0.259 e. The predicted molar refractivity (Wildman–Crippen MR) is 112 cm³/mol. The number of rotatable bonds is 5. The second-order valence-corrected chi connectivity index (χ2v) is 6.93. The van der Waals surface area contributed by atoms with Crippen molar-refractivity contribution in [3.63, 3.8) is 0 Å². The van der Waals surface area contributed by atoms with E-state index in [2.05, 4.69) is 15.5 Å². The van der Waals surface area contributed by atoms with Crippen molar-refractivity contribution in [1.82, 2.24) is 20.1 Å². The highest BCUT2D eigenvalue weighted by molar-refractivity contribution is 6.13. The Morgan fingerprint density at radius 1 is 1.00 bits per heavy atom. The molecule has 1 aliphatic rings. The first-order chi connectivity index (χ1) is 14.7. The van der Waals surface area contributed by atoms with Gasteiger partial charge in [0.2, 0.25) is 6.79 Å². The van der Waals surface area contributed by atoms with Gasteiger partial charge in [0.1, 0.15) is 5.52 Å². The number of hydrogen-bond donors (Lipinski definition) is 1. The lowest BCUT2D eigenvalue weighted by molar-refractivity contribution is 0.174. The van der Waals surface area contributed by atoms with Crippen LogP contribution < -0.4 is 29.8 Å². The number of likely N-dealkylation sites (N-methyl/N-ethyl adjacent to an activating group) is 1. The number of fused-ring (bicyclic) bond motifs is 6. The molecule has 4 aromatic rings. The first-order valence-corrected chi connectivity index (χ1v) is 9.49. The maximum absolute atomic E-state index is 13.5. The van der Waals surface area contributed by atoms with Crippen LogP contribution in [0.2, 0.25) is 0 Å². The van der Waals surface area contributed by atoms with Gasteiger partial charge < -0.3 is 28.8 Å². The summed E-state index contributed by atoms with van der Waals surface area (Å²) < 4.78 is 23.6. The number of hydrogen-bond acceptors (Lipinski definition) is 8. The Morgan fingerprint density at radius 3 is 2.40 bits per heavy atom. The third-order valence-electron chi connectivity index (χ3n) is 5.34. The Balaban J connectivity index is 1.96. The zero-order valence-corrected chi connectivity index (χ0v) is 16.8. The van der Waals surface area contributed by atoms with E-state index in [1.165, 1.54) is 0 Å². The lowest BCUT2D eigenvalue weighted by Gasteiger charge is -2.16. The minimum absolute atomic E-state index is 0.138. The number of nitrogens with zero attached hydrogens (tertiary/aromatic N) is 3. The van der Waals surface area contributed by atoms with Crippen LogP contribution in [0.4, 0.5) is 0 Å². The summed E-state index contributed by atoms with van der Waals surface area (Å²) in [6.45, 7) is 1.23. The van der Waals surface area contributed by atoms with Crippen LogP contribution in [0.3, 0.4) is 0 Å². The summed E-state index contributed by atoms with van der Waals surface area (Å²) in [7, 11) is 4.94. The summed E-state index contributed by atoms with van der Waals surface area (Å²) in [5.74, 6) is 2.24. The van der Waals surface area contributed by atoms with Gasteiger partial charge in [-0.3, -0.25) is 4.79 Å². The quantitative estimate of drug-likeness (QED) is 0.502. The number of aromatic nitrogens is 3. The molecule has 0 aliphatic carbocycles. The van der Waals surface area contributed by atoms with Gasteiger partial charge in [-0.25, -0.2) is 0 Å². The van der Waals surface area contributed by atoms with Gasteiger partial charge in [0.25, 0.3) is 5.56 Å². The van der Waals surface area contributed by atoms with Crippen molar-refractivity contribution in [2.75, 3.05) is 34.6 Å². The molecule has 30 heavy (non-hydrogen) atoms. The molecular weight excluding hydrogens is 388 g/mol. The van der Waals surface area contributed by atoms with Crippen molar-refractivity contribution >= 4 is 32.7 Å². The number of pyridine rings is 1. The molecule has 0 fully saturated rings. The standard InChI is InChI=1S/C21H20N4O5/c1-22-4-5-25-20-13-8-17-18(30-10-29-17)9-14(13)23-24-19(20)11-6-15(27-2)16(28-3)7-12(11)21(25)26/h6-9,22H,4-5,10H2,1-3H3. The van der Waals surface area contributed by atoms with Crippen LogP contribution in [0, 0.1) is 0 Å². The third kappa shape index (κ3) is 2.62. The van der Waals surface area contributed by atoms with Gasteiger partial charge in [0, 0.05) is 29.9 Å². The highest BCUT2D eigenvalue weighted by Gasteiger charge is 2.21. The second-order valence-electron chi connectivity index (χ2n) is 6.93. The van der Waals surface area contributed by atoms with Crippen LogP contribution in [-0.4, -0.2) is 49.4 Å². The molecule has 0 radical (unpaired) electrons. The molecule has 1 aliphatic heterocycles. The fraction of sp³-hybridized carbons (Fsp3) is 0.286. The van der Waals surface area contributed by atoms with Crippen molar-refractivity contribution in [3.05, 3.63) is 34.6 Å². The van der Waals surface area contributed by atoms with E-state index in [0.29, 0.717) is 63.4 Å². The Morgan fingerprint density at radius 2 is 1.70 bits per heavy atom. The molecule has 0 spiro atoms. The van der Waals surface area contributed by atoms with Crippen LogP contribution in [0.5, 0.6) is 23.0 Å². The van der Waals surface area contributed by atoms with E-state index in [4.69, 9.17) is 18.9 Å². The first-order valence-electron chi connectivity index (χ1n) is 9.49. The van der Waals surface area contributed by atoms with Crippen LogP contribution in [0.1, 0.15) is 0 Å². The van der Waals surface area contributed by atoms with Crippen LogP contribution in [0.15, 0.2) is 29.1 Å². The first kappa shape index (κ1) is 18.4. The Kier molecular flexibility index (Phi) is 4.32. The van der Waals surface area contributed by atoms with E-state index in [0.717, 1.165) is 5.39 Å². The van der Waals surface area contributed by atoms with Gasteiger partial charge in [-0.05, 0) is 25.2 Å². The molecule has 0 bridgehead atoms. The number of benzene rings is 2. The number of methoxy groups -OCH3 is 2. The van der Waals surface area contributed by atoms with Gasteiger partial charge >= 0.3 is 0 Å². The molecule has 0 unspecified atom stereocenters. The molecule has 0 amide bonds. The average molecular weight is 408 g/mol. The molecule has 3 heterocycles. The maximum atomic E-state index is 13.5. The molecule has 9 heteroatoms. The summed E-state index contributed by atoms with van der Waals surface area (Å²) >= 11 is 0. The van der Waals surface area contributed by atoms with Crippen molar-refractivity contribution in [2.24, 2.45) is 0 Å². The third-order valence-corrected chi connectivity index (χ3v) is 5.34. The van der Waals surface area contributed by atoms with Crippen molar-refractivity contribution in [2.45, 2.75) is 6.54 Å². The normalized spacial score (nSPS) is 12.8. The lowest BCUT2D eigenvalue weighted by atomic mass is 10.1. The SMILES string of the molecule is CNCCn1c(=O)c2cc(OC)c(OC)cc2c2nnc3cc4c(cc3c21)OCO4. The lowest BCUT2D eigenvalue weighted by Crippen LogP contribution is -2.26. The molecule has 2 aromatic heterocycles. The van der Waals surface area contributed by atoms with E-state index in [-0.39, 0.29) is 12.4 Å². The van der Waals surface area contributed by atoms with Gasteiger partial charge in [-0.15, -0.1) is 10.2 Å². The summed E-state index contributed by atoms with van der Waals surface area (Å²) in [6, 6.07) is 7.11. The molecule has 0 saturated carbocycles. The minimum atomic E-state index is -0.138. The topological polar surface area (TPSA) is 96.7 Å². The molecule has 1 N–H and O–H groups in total. The Bertz CT molecular complexity index is 1370. The predicted octanol–water partition coefficient (Wildman–Crippen LogP) is 2.06. The van der Waals surface area contributed by atoms with Crippen LogP contribution in [-0.2, 0) is 6.54 Å². The van der Waals surface area contributed by atoms with E-state index in [1.807, 2.05) is 13.1 Å². The van der Waals surface area contributed by atoms with E-state index < -0.39 is 0 Å². The highest BCUT2D eigenvalue weighted by atomic mass is 16.7. The summed E-state index contributed by atoms with van der Waals surface area (Å²) in [6.07, 6.45) is 0. The molecule has 0 saturated heterocycles. The van der Waals surface area contributed by atoms with Gasteiger partial charge in [-0.2, -0.15) is 0 Å². The Hall–Kier alpha value is -3.59.